The van der Waals surface area contributed by atoms with E-state index >= 15 is 0 Å². The van der Waals surface area contributed by atoms with Crippen LogP contribution in [0.2, 0.25) is 0 Å². The zero-order valence-electron chi connectivity index (χ0n) is 17.5. The first-order valence-corrected chi connectivity index (χ1v) is 9.70. The van der Waals surface area contributed by atoms with Crippen LogP contribution in [-0.4, -0.2) is 35.3 Å². The third-order valence-corrected chi connectivity index (χ3v) is 5.77. The first-order chi connectivity index (χ1) is 14.3. The van der Waals surface area contributed by atoms with Gasteiger partial charge in [0.25, 0.3) is 0 Å². The molecule has 0 spiro atoms. The van der Waals surface area contributed by atoms with Crippen LogP contribution >= 0.6 is 0 Å². The Bertz CT molecular complexity index is 1330. The molecule has 9 heteroatoms. The lowest BCUT2D eigenvalue weighted by molar-refractivity contribution is -0.119. The molecule has 152 valence electrons. The second kappa shape index (κ2) is 6.12. The van der Waals surface area contributed by atoms with Crippen LogP contribution in [0.1, 0.15) is 30.8 Å². The molecule has 3 aromatic heterocycles. The molecule has 0 atom stereocenters. The van der Waals surface area contributed by atoms with Gasteiger partial charge < -0.3 is 10.6 Å². The van der Waals surface area contributed by atoms with E-state index in [1.165, 1.54) is 0 Å². The Morgan fingerprint density at radius 3 is 2.70 bits per heavy atom. The molecule has 2 N–H and O–H groups in total. The van der Waals surface area contributed by atoms with Gasteiger partial charge in [-0.2, -0.15) is 10.1 Å². The summed E-state index contributed by atoms with van der Waals surface area (Å²) >= 11 is 0. The van der Waals surface area contributed by atoms with Crippen molar-refractivity contribution in [2.24, 2.45) is 7.05 Å². The van der Waals surface area contributed by atoms with Gasteiger partial charge in [-0.15, -0.1) is 5.10 Å². The number of aromatic nitrogens is 6. The molecule has 5 rings (SSSR count). The van der Waals surface area contributed by atoms with E-state index in [-0.39, 0.29) is 5.91 Å². The van der Waals surface area contributed by atoms with Crippen LogP contribution in [0, 0.1) is 13.8 Å². The number of nitrogens with zero attached hydrogens (tertiary/aromatic N) is 6. The Hall–Kier alpha value is -3.75. The summed E-state index contributed by atoms with van der Waals surface area (Å²) in [7, 11) is 1.91. The summed E-state index contributed by atoms with van der Waals surface area (Å²) in [4.78, 5) is 21.4. The van der Waals surface area contributed by atoms with E-state index in [1.807, 2.05) is 57.6 Å². The first kappa shape index (κ1) is 18.3. The molecule has 0 saturated heterocycles. The molecule has 1 aliphatic heterocycles. The largest absolute Gasteiger partial charge is 0.325 e. The molecule has 0 radical (unpaired) electrons. The average molecular weight is 402 g/mol. The third kappa shape index (κ3) is 2.58. The van der Waals surface area contributed by atoms with E-state index in [0.717, 1.165) is 39.6 Å². The van der Waals surface area contributed by atoms with Crippen LogP contribution in [-0.2, 0) is 17.3 Å². The molecule has 0 bridgehead atoms. The minimum absolute atomic E-state index is 0.00145. The number of rotatable bonds is 3. The van der Waals surface area contributed by atoms with Crippen molar-refractivity contribution in [3.05, 3.63) is 47.5 Å². The second-order valence-corrected chi connectivity index (χ2v) is 8.11. The highest BCUT2D eigenvalue weighted by Gasteiger charge is 2.38. The highest BCUT2D eigenvalue weighted by Crippen LogP contribution is 2.39. The summed E-state index contributed by atoms with van der Waals surface area (Å²) in [5.41, 5.74) is 6.31. The summed E-state index contributed by atoms with van der Waals surface area (Å²) in [6, 6.07) is 5.80. The van der Waals surface area contributed by atoms with Crippen molar-refractivity contribution in [3.63, 3.8) is 0 Å². The molecule has 0 aliphatic carbocycles. The molecular formula is C21H22N8O. The predicted molar refractivity (Wildman–Crippen MR) is 114 cm³/mol. The molecular weight excluding hydrogens is 380 g/mol. The topological polar surface area (TPSA) is 102 Å². The number of amides is 1. The molecule has 0 saturated carbocycles. The van der Waals surface area contributed by atoms with Gasteiger partial charge in [0.05, 0.1) is 11.1 Å². The van der Waals surface area contributed by atoms with Crippen molar-refractivity contribution in [1.82, 2.24) is 29.4 Å². The van der Waals surface area contributed by atoms with Gasteiger partial charge in [0.2, 0.25) is 11.9 Å². The molecule has 0 unspecified atom stereocenters. The molecule has 1 aliphatic rings. The Morgan fingerprint density at radius 1 is 1.17 bits per heavy atom. The van der Waals surface area contributed by atoms with Gasteiger partial charge in [-0.3, -0.25) is 14.5 Å². The molecule has 4 heterocycles. The van der Waals surface area contributed by atoms with Gasteiger partial charge in [-0.1, -0.05) is 6.07 Å². The summed E-state index contributed by atoms with van der Waals surface area (Å²) in [5.74, 6) is 0.449. The van der Waals surface area contributed by atoms with Crippen molar-refractivity contribution in [2.75, 3.05) is 10.6 Å². The van der Waals surface area contributed by atoms with Gasteiger partial charge >= 0.3 is 0 Å². The van der Waals surface area contributed by atoms with E-state index in [4.69, 9.17) is 0 Å². The number of anilines is 3. The maximum absolute atomic E-state index is 12.2. The zero-order valence-corrected chi connectivity index (χ0v) is 17.5. The number of hydrogen-bond donors (Lipinski definition) is 2. The second-order valence-electron chi connectivity index (χ2n) is 8.11. The molecule has 1 aromatic carbocycles. The predicted octanol–water partition coefficient (Wildman–Crippen LogP) is 3.11. The number of carbonyl (C=O) groups excluding carboxylic acids is 1. The average Bonchev–Trinajstić information content (AvgIpc) is 3.28. The van der Waals surface area contributed by atoms with E-state index in [0.29, 0.717) is 11.6 Å². The number of hydrogen-bond acceptors (Lipinski definition) is 6. The standard InChI is InChI=1S/C21H22N8O/c1-11-16(12(2)28(5)26-11)17-18-25-20(27-29(18)9-8-22-17)23-13-6-7-14-15(10-13)24-19(30)21(14,3)4/h6-10H,1-5H3,(H,23,27)(H,24,30). The molecule has 30 heavy (non-hydrogen) atoms. The Balaban J connectivity index is 1.53. The van der Waals surface area contributed by atoms with Crippen molar-refractivity contribution in [2.45, 2.75) is 33.1 Å². The summed E-state index contributed by atoms with van der Waals surface area (Å²) in [6.45, 7) is 7.81. The molecule has 1 amide bonds. The lowest BCUT2D eigenvalue weighted by atomic mass is 9.86. The fourth-order valence-corrected chi connectivity index (χ4v) is 3.96. The Morgan fingerprint density at radius 2 is 1.97 bits per heavy atom. The fraction of sp³-hybridized carbons (Fsp3) is 0.286. The summed E-state index contributed by atoms with van der Waals surface area (Å²) in [6.07, 6.45) is 3.48. The fourth-order valence-electron chi connectivity index (χ4n) is 3.96. The number of nitrogens with one attached hydrogen (secondary N) is 2. The van der Waals surface area contributed by atoms with Crippen molar-refractivity contribution in [1.29, 1.82) is 0 Å². The van der Waals surface area contributed by atoms with Crippen LogP contribution < -0.4 is 10.6 Å². The summed E-state index contributed by atoms with van der Waals surface area (Å²) in [5, 5.41) is 15.2. The van der Waals surface area contributed by atoms with Crippen molar-refractivity contribution < 1.29 is 4.79 Å². The van der Waals surface area contributed by atoms with E-state index in [2.05, 4.69) is 30.8 Å². The SMILES string of the molecule is Cc1nn(C)c(C)c1-c1nccn2nc(Nc3ccc4c(c3)NC(=O)C4(C)C)nc12. The van der Waals surface area contributed by atoms with E-state index < -0.39 is 5.41 Å². The van der Waals surface area contributed by atoms with Crippen LogP contribution in [0.15, 0.2) is 30.6 Å². The molecule has 9 nitrogen and oxygen atoms in total. The van der Waals surface area contributed by atoms with Crippen LogP contribution in [0.5, 0.6) is 0 Å². The monoisotopic (exact) mass is 402 g/mol. The number of fused-ring (bicyclic) bond motifs is 2. The highest BCUT2D eigenvalue weighted by atomic mass is 16.2. The number of carbonyl (C=O) groups is 1. The van der Waals surface area contributed by atoms with Gasteiger partial charge in [-0.25, -0.2) is 4.52 Å². The highest BCUT2D eigenvalue weighted by molar-refractivity contribution is 6.06. The third-order valence-electron chi connectivity index (χ3n) is 5.77. The number of benzene rings is 1. The normalized spacial score (nSPS) is 14.8. The maximum atomic E-state index is 12.2. The van der Waals surface area contributed by atoms with Crippen molar-refractivity contribution >= 4 is 28.9 Å². The zero-order chi connectivity index (χ0) is 21.2. The van der Waals surface area contributed by atoms with Gasteiger partial charge in [0, 0.05) is 42.1 Å². The smallest absolute Gasteiger partial charge is 0.247 e. The van der Waals surface area contributed by atoms with Gasteiger partial charge in [-0.05, 0) is 45.4 Å². The Kier molecular flexibility index (Phi) is 3.73. The molecule has 0 fully saturated rings. The van der Waals surface area contributed by atoms with E-state index in [9.17, 15) is 4.79 Å². The van der Waals surface area contributed by atoms with Crippen molar-refractivity contribution in [3.8, 4) is 11.3 Å². The first-order valence-electron chi connectivity index (χ1n) is 9.70. The van der Waals surface area contributed by atoms with Crippen LogP contribution in [0.4, 0.5) is 17.3 Å². The van der Waals surface area contributed by atoms with Crippen LogP contribution in [0.25, 0.3) is 16.9 Å². The van der Waals surface area contributed by atoms with Gasteiger partial charge in [0.15, 0.2) is 5.65 Å². The van der Waals surface area contributed by atoms with Crippen LogP contribution in [0.3, 0.4) is 0 Å². The van der Waals surface area contributed by atoms with Gasteiger partial charge in [0.1, 0.15) is 5.69 Å². The maximum Gasteiger partial charge on any atom is 0.247 e. The Labute approximate surface area is 173 Å². The van der Waals surface area contributed by atoms with E-state index in [1.54, 1.807) is 16.9 Å². The molecule has 4 aromatic rings. The summed E-state index contributed by atoms with van der Waals surface area (Å²) < 4.78 is 3.54. The lowest BCUT2D eigenvalue weighted by Gasteiger charge is -2.14. The minimum atomic E-state index is -0.533. The minimum Gasteiger partial charge on any atom is -0.325 e. The number of aryl methyl sites for hydroxylation is 2. The lowest BCUT2D eigenvalue weighted by Crippen LogP contribution is -2.26. The quantitative estimate of drug-likeness (QED) is 0.546.